The van der Waals surface area contributed by atoms with Crippen LogP contribution in [0.4, 0.5) is 4.79 Å². The number of rotatable bonds is 6. The van der Waals surface area contributed by atoms with Gasteiger partial charge in [0.25, 0.3) is 0 Å². The molecule has 3 aromatic rings. The van der Waals surface area contributed by atoms with E-state index in [4.69, 9.17) is 9.84 Å². The first-order valence-electron chi connectivity index (χ1n) is 10.6. The van der Waals surface area contributed by atoms with Crippen molar-refractivity contribution >= 4 is 22.9 Å². The Morgan fingerprint density at radius 2 is 1.84 bits per heavy atom. The molecule has 4 rings (SSSR count). The number of fused-ring (bicyclic) bond motifs is 1. The Kier molecular flexibility index (Phi) is 6.65. The third-order valence-electron chi connectivity index (χ3n) is 5.89. The standard InChI is InChI=1S/C26H27NO4/c28-15-3-4-19-7-11-22(12-8-19)24-13-14-27(26(29)30)17-25(24)31-18-20-9-10-21-5-1-2-6-23(21)16-20/h1-12,16,24-25,28H,13-15,17-18H2,(H,29,30)/b4-3+. The van der Waals surface area contributed by atoms with E-state index in [2.05, 4.69) is 42.5 Å². The number of ether oxygens (including phenoxy) is 1. The third kappa shape index (κ3) is 5.13. The van der Waals surface area contributed by atoms with Crippen molar-refractivity contribution in [2.24, 2.45) is 0 Å². The minimum Gasteiger partial charge on any atom is -0.465 e. The number of piperidine rings is 1. The highest BCUT2D eigenvalue weighted by molar-refractivity contribution is 5.82. The molecular formula is C26H27NO4. The number of hydrogen-bond donors (Lipinski definition) is 2. The molecule has 5 heteroatoms. The van der Waals surface area contributed by atoms with Crippen LogP contribution >= 0.6 is 0 Å². The van der Waals surface area contributed by atoms with Gasteiger partial charge in [-0.05, 0) is 39.9 Å². The van der Waals surface area contributed by atoms with E-state index >= 15 is 0 Å². The quantitative estimate of drug-likeness (QED) is 0.599. The molecule has 3 aromatic carbocycles. The Bertz CT molecular complexity index is 1060. The van der Waals surface area contributed by atoms with Gasteiger partial charge in [-0.15, -0.1) is 0 Å². The van der Waals surface area contributed by atoms with E-state index in [1.165, 1.54) is 15.7 Å². The molecule has 31 heavy (non-hydrogen) atoms. The lowest BCUT2D eigenvalue weighted by molar-refractivity contribution is -0.0199. The van der Waals surface area contributed by atoms with Gasteiger partial charge in [-0.2, -0.15) is 0 Å². The second-order valence-electron chi connectivity index (χ2n) is 7.91. The van der Waals surface area contributed by atoms with Gasteiger partial charge in [0.2, 0.25) is 0 Å². The first-order valence-corrected chi connectivity index (χ1v) is 10.6. The topological polar surface area (TPSA) is 70.0 Å². The summed E-state index contributed by atoms with van der Waals surface area (Å²) in [6.07, 6.45) is 3.19. The average Bonchev–Trinajstić information content (AvgIpc) is 2.81. The first kappa shape index (κ1) is 21.1. The maximum absolute atomic E-state index is 11.6. The molecule has 160 valence electrons. The lowest BCUT2D eigenvalue weighted by atomic mass is 9.86. The lowest BCUT2D eigenvalue weighted by Crippen LogP contribution is -2.46. The molecule has 1 aliphatic rings. The summed E-state index contributed by atoms with van der Waals surface area (Å²) in [5.41, 5.74) is 3.25. The van der Waals surface area contributed by atoms with Crippen molar-refractivity contribution in [2.45, 2.75) is 25.0 Å². The zero-order chi connectivity index (χ0) is 21.6. The van der Waals surface area contributed by atoms with Crippen LogP contribution in [0.3, 0.4) is 0 Å². The first-order chi connectivity index (χ1) is 15.1. The van der Waals surface area contributed by atoms with Gasteiger partial charge in [-0.25, -0.2) is 4.79 Å². The predicted molar refractivity (Wildman–Crippen MR) is 122 cm³/mol. The van der Waals surface area contributed by atoms with Crippen molar-refractivity contribution in [1.82, 2.24) is 4.90 Å². The zero-order valence-corrected chi connectivity index (χ0v) is 17.4. The van der Waals surface area contributed by atoms with Crippen LogP contribution in [-0.2, 0) is 11.3 Å². The molecule has 0 radical (unpaired) electrons. The zero-order valence-electron chi connectivity index (χ0n) is 17.4. The highest BCUT2D eigenvalue weighted by Gasteiger charge is 2.33. The van der Waals surface area contributed by atoms with Crippen molar-refractivity contribution < 1.29 is 19.7 Å². The lowest BCUT2D eigenvalue weighted by Gasteiger charge is -2.37. The number of aliphatic hydroxyl groups is 1. The third-order valence-corrected chi connectivity index (χ3v) is 5.89. The number of aliphatic hydroxyl groups excluding tert-OH is 1. The minimum absolute atomic E-state index is 0.0140. The maximum Gasteiger partial charge on any atom is 0.407 e. The number of hydrogen-bond acceptors (Lipinski definition) is 3. The molecule has 0 aliphatic carbocycles. The van der Waals surface area contributed by atoms with Crippen LogP contribution in [0.25, 0.3) is 16.8 Å². The van der Waals surface area contributed by atoms with Crippen LogP contribution in [-0.4, -0.2) is 47.0 Å². The van der Waals surface area contributed by atoms with Crippen LogP contribution in [0.15, 0.2) is 72.8 Å². The fourth-order valence-corrected chi connectivity index (χ4v) is 4.22. The summed E-state index contributed by atoms with van der Waals surface area (Å²) < 4.78 is 6.31. The fraction of sp³-hybridized carbons (Fsp3) is 0.269. The van der Waals surface area contributed by atoms with E-state index in [9.17, 15) is 9.90 Å². The molecule has 1 heterocycles. The van der Waals surface area contributed by atoms with Gasteiger partial charge in [-0.1, -0.05) is 72.8 Å². The van der Waals surface area contributed by atoms with Crippen molar-refractivity contribution in [2.75, 3.05) is 19.7 Å². The number of amides is 1. The summed E-state index contributed by atoms with van der Waals surface area (Å²) >= 11 is 0. The Morgan fingerprint density at radius 3 is 2.58 bits per heavy atom. The van der Waals surface area contributed by atoms with Crippen molar-refractivity contribution in [3.05, 3.63) is 89.5 Å². The molecule has 1 aliphatic heterocycles. The molecule has 1 amide bonds. The smallest absolute Gasteiger partial charge is 0.407 e. The minimum atomic E-state index is -0.901. The Morgan fingerprint density at radius 1 is 1.06 bits per heavy atom. The number of nitrogens with zero attached hydrogens (tertiary/aromatic N) is 1. The largest absolute Gasteiger partial charge is 0.465 e. The van der Waals surface area contributed by atoms with Crippen molar-refractivity contribution in [3.63, 3.8) is 0 Å². The second kappa shape index (κ2) is 9.77. The van der Waals surface area contributed by atoms with Crippen LogP contribution in [0.1, 0.15) is 29.0 Å². The maximum atomic E-state index is 11.6. The number of likely N-dealkylation sites (tertiary alicyclic amines) is 1. The van der Waals surface area contributed by atoms with E-state index in [0.29, 0.717) is 19.7 Å². The Labute approximate surface area is 182 Å². The van der Waals surface area contributed by atoms with E-state index in [0.717, 1.165) is 23.1 Å². The molecule has 1 saturated heterocycles. The molecule has 2 unspecified atom stereocenters. The average molecular weight is 418 g/mol. The van der Waals surface area contributed by atoms with E-state index < -0.39 is 6.09 Å². The van der Waals surface area contributed by atoms with Crippen LogP contribution in [0.5, 0.6) is 0 Å². The van der Waals surface area contributed by atoms with Gasteiger partial charge >= 0.3 is 6.09 Å². The van der Waals surface area contributed by atoms with Gasteiger partial charge in [0.1, 0.15) is 0 Å². The summed E-state index contributed by atoms with van der Waals surface area (Å²) in [4.78, 5) is 13.0. The van der Waals surface area contributed by atoms with Crippen LogP contribution in [0.2, 0.25) is 0 Å². The Balaban J connectivity index is 1.51. The molecule has 0 saturated carbocycles. The van der Waals surface area contributed by atoms with E-state index in [1.807, 2.05) is 30.3 Å². The molecule has 1 fully saturated rings. The van der Waals surface area contributed by atoms with E-state index in [1.54, 1.807) is 6.08 Å². The van der Waals surface area contributed by atoms with Gasteiger partial charge < -0.3 is 19.8 Å². The van der Waals surface area contributed by atoms with Gasteiger partial charge in [0.15, 0.2) is 0 Å². The molecule has 0 aromatic heterocycles. The van der Waals surface area contributed by atoms with Crippen molar-refractivity contribution in [3.8, 4) is 0 Å². The number of benzene rings is 3. The number of carboxylic acid groups (broad SMARTS) is 1. The predicted octanol–water partition coefficient (Wildman–Crippen LogP) is 4.90. The van der Waals surface area contributed by atoms with Crippen LogP contribution in [0, 0.1) is 0 Å². The summed E-state index contributed by atoms with van der Waals surface area (Å²) in [5.74, 6) is 0.131. The summed E-state index contributed by atoms with van der Waals surface area (Å²) in [5, 5.41) is 20.8. The molecule has 0 bridgehead atoms. The van der Waals surface area contributed by atoms with Crippen molar-refractivity contribution in [1.29, 1.82) is 0 Å². The van der Waals surface area contributed by atoms with E-state index in [-0.39, 0.29) is 18.6 Å². The normalized spacial score (nSPS) is 19.2. The molecule has 0 spiro atoms. The fourth-order valence-electron chi connectivity index (χ4n) is 4.22. The SMILES string of the molecule is O=C(O)N1CCC(c2ccc(/C=C/CO)cc2)C(OCc2ccc3ccccc3c2)C1. The highest BCUT2D eigenvalue weighted by Crippen LogP contribution is 2.32. The van der Waals surface area contributed by atoms with Gasteiger partial charge in [0.05, 0.1) is 25.9 Å². The second-order valence-corrected chi connectivity index (χ2v) is 7.91. The highest BCUT2D eigenvalue weighted by atomic mass is 16.5. The van der Waals surface area contributed by atoms with Crippen LogP contribution < -0.4 is 0 Å². The summed E-state index contributed by atoms with van der Waals surface area (Å²) in [6, 6.07) is 22.7. The van der Waals surface area contributed by atoms with Gasteiger partial charge in [0, 0.05) is 12.5 Å². The Hall–Kier alpha value is -3.15. The molecule has 2 N–H and O–H groups in total. The molecular weight excluding hydrogens is 390 g/mol. The molecule has 2 atom stereocenters. The monoisotopic (exact) mass is 417 g/mol. The summed E-state index contributed by atoms with van der Waals surface area (Å²) in [7, 11) is 0. The number of carbonyl (C=O) groups is 1. The summed E-state index contributed by atoms with van der Waals surface area (Å²) in [6.45, 7) is 1.32. The molecule has 5 nitrogen and oxygen atoms in total. The van der Waals surface area contributed by atoms with Gasteiger partial charge in [-0.3, -0.25) is 0 Å².